The predicted molar refractivity (Wildman–Crippen MR) is 84.0 cm³/mol. The van der Waals surface area contributed by atoms with E-state index in [2.05, 4.69) is 5.32 Å². The predicted octanol–water partition coefficient (Wildman–Crippen LogP) is 3.67. The largest absolute Gasteiger partial charge is 0.396 e. The van der Waals surface area contributed by atoms with Crippen LogP contribution in [0.2, 0.25) is 10.0 Å². The van der Waals surface area contributed by atoms with E-state index in [0.29, 0.717) is 16.5 Å². The zero-order valence-corrected chi connectivity index (χ0v) is 13.1. The molecule has 0 radical (unpaired) electrons. The summed E-state index contributed by atoms with van der Waals surface area (Å²) in [5, 5.41) is 13.0. The maximum atomic E-state index is 11.9. The number of hydrogen-bond donors (Lipinski definition) is 2. The van der Waals surface area contributed by atoms with Crippen LogP contribution in [0.5, 0.6) is 0 Å². The molecule has 1 atom stereocenters. The molecule has 20 heavy (non-hydrogen) atoms. The van der Waals surface area contributed by atoms with Gasteiger partial charge in [-0.1, -0.05) is 30.1 Å². The van der Waals surface area contributed by atoms with E-state index in [1.165, 1.54) is 6.08 Å². The number of aliphatic hydroxyl groups is 1. The molecule has 1 rings (SSSR count). The van der Waals surface area contributed by atoms with Crippen molar-refractivity contribution in [2.45, 2.75) is 32.2 Å². The topological polar surface area (TPSA) is 49.3 Å². The van der Waals surface area contributed by atoms with Gasteiger partial charge >= 0.3 is 0 Å². The maximum absolute atomic E-state index is 11.9. The third-order valence-corrected chi connectivity index (χ3v) is 3.62. The van der Waals surface area contributed by atoms with Crippen LogP contribution >= 0.6 is 23.2 Å². The molecule has 0 fully saturated rings. The fraction of sp³-hybridized carbons (Fsp3) is 0.400. The Labute approximate surface area is 129 Å². The van der Waals surface area contributed by atoms with E-state index in [9.17, 15) is 4.79 Å². The van der Waals surface area contributed by atoms with Gasteiger partial charge in [0.2, 0.25) is 5.91 Å². The zero-order valence-electron chi connectivity index (χ0n) is 11.6. The average molecular weight is 316 g/mol. The number of aliphatic hydroxyl groups excluding tert-OH is 1. The van der Waals surface area contributed by atoms with Crippen LogP contribution in [0.3, 0.4) is 0 Å². The number of nitrogens with one attached hydrogen (secondary N) is 1. The smallest absolute Gasteiger partial charge is 0.244 e. The molecule has 1 unspecified atom stereocenters. The lowest BCUT2D eigenvalue weighted by atomic mass is 9.95. The molecule has 1 aromatic rings. The van der Waals surface area contributed by atoms with Gasteiger partial charge in [0.1, 0.15) is 0 Å². The number of benzene rings is 1. The normalized spacial score (nSPS) is 14.2. The van der Waals surface area contributed by atoms with E-state index < -0.39 is 5.54 Å². The molecule has 0 heterocycles. The number of carbonyl (C=O) groups is 1. The van der Waals surface area contributed by atoms with Crippen molar-refractivity contribution in [2.24, 2.45) is 0 Å². The van der Waals surface area contributed by atoms with E-state index in [1.54, 1.807) is 24.3 Å². The lowest BCUT2D eigenvalue weighted by Gasteiger charge is -2.28. The number of halogens is 2. The summed E-state index contributed by atoms with van der Waals surface area (Å²) in [7, 11) is 0. The Morgan fingerprint density at radius 3 is 2.45 bits per heavy atom. The minimum absolute atomic E-state index is 0.0399. The molecule has 1 amide bonds. The Kier molecular flexibility index (Phi) is 6.53. The quantitative estimate of drug-likeness (QED) is 0.787. The summed E-state index contributed by atoms with van der Waals surface area (Å²) in [5.74, 6) is -0.209. The van der Waals surface area contributed by atoms with Crippen LogP contribution in [0.4, 0.5) is 0 Å². The van der Waals surface area contributed by atoms with Crippen molar-refractivity contribution in [1.29, 1.82) is 0 Å². The lowest BCUT2D eigenvalue weighted by Crippen LogP contribution is -2.45. The van der Waals surface area contributed by atoms with Gasteiger partial charge in [-0.05, 0) is 49.6 Å². The molecule has 0 aliphatic rings. The fourth-order valence-electron chi connectivity index (χ4n) is 1.76. The van der Waals surface area contributed by atoms with E-state index in [4.69, 9.17) is 28.3 Å². The van der Waals surface area contributed by atoms with Crippen LogP contribution in [0.25, 0.3) is 6.08 Å². The Hall–Kier alpha value is -1.03. The number of hydrogen-bond acceptors (Lipinski definition) is 2. The van der Waals surface area contributed by atoms with Crippen molar-refractivity contribution in [3.05, 3.63) is 39.9 Å². The SMILES string of the molecule is CCC(C)(CCO)NC(=O)/C=C/c1cc(Cl)cc(Cl)c1. The van der Waals surface area contributed by atoms with Gasteiger partial charge in [-0.15, -0.1) is 0 Å². The molecule has 0 saturated heterocycles. The van der Waals surface area contributed by atoms with E-state index in [-0.39, 0.29) is 12.5 Å². The van der Waals surface area contributed by atoms with Crippen LogP contribution in [0.15, 0.2) is 24.3 Å². The average Bonchev–Trinajstić information content (AvgIpc) is 2.35. The molecule has 0 bridgehead atoms. The zero-order chi connectivity index (χ0) is 15.2. The third-order valence-electron chi connectivity index (χ3n) is 3.18. The first kappa shape index (κ1) is 17.0. The van der Waals surface area contributed by atoms with Gasteiger partial charge in [0.25, 0.3) is 0 Å². The molecule has 110 valence electrons. The van der Waals surface area contributed by atoms with Crippen LogP contribution in [-0.4, -0.2) is 23.2 Å². The Morgan fingerprint density at radius 2 is 1.95 bits per heavy atom. The number of carbonyl (C=O) groups excluding carboxylic acids is 1. The van der Waals surface area contributed by atoms with Gasteiger partial charge in [0, 0.05) is 28.3 Å². The molecule has 5 heteroatoms. The summed E-state index contributed by atoms with van der Waals surface area (Å²) in [6.07, 6.45) is 4.36. The molecule has 0 spiro atoms. The van der Waals surface area contributed by atoms with Gasteiger partial charge in [0.05, 0.1) is 0 Å². The molecule has 0 aliphatic heterocycles. The van der Waals surface area contributed by atoms with Crippen LogP contribution in [-0.2, 0) is 4.79 Å². The fourth-order valence-corrected chi connectivity index (χ4v) is 2.30. The molecular formula is C15H19Cl2NO2. The number of amides is 1. The summed E-state index contributed by atoms with van der Waals surface area (Å²) in [6.45, 7) is 3.92. The molecular weight excluding hydrogens is 297 g/mol. The minimum atomic E-state index is -0.401. The van der Waals surface area contributed by atoms with E-state index in [0.717, 1.165) is 12.0 Å². The minimum Gasteiger partial charge on any atom is -0.396 e. The highest BCUT2D eigenvalue weighted by Gasteiger charge is 2.22. The lowest BCUT2D eigenvalue weighted by molar-refractivity contribution is -0.118. The Balaban J connectivity index is 2.72. The van der Waals surface area contributed by atoms with E-state index in [1.807, 2.05) is 13.8 Å². The number of rotatable bonds is 6. The summed E-state index contributed by atoms with van der Waals surface area (Å²) >= 11 is 11.8. The van der Waals surface area contributed by atoms with Crippen molar-refractivity contribution in [2.75, 3.05) is 6.61 Å². The maximum Gasteiger partial charge on any atom is 0.244 e. The van der Waals surface area contributed by atoms with Crippen molar-refractivity contribution in [3.63, 3.8) is 0 Å². The van der Waals surface area contributed by atoms with Gasteiger partial charge < -0.3 is 10.4 Å². The van der Waals surface area contributed by atoms with Crippen molar-refractivity contribution < 1.29 is 9.90 Å². The third kappa shape index (κ3) is 5.53. The van der Waals surface area contributed by atoms with Gasteiger partial charge in [-0.25, -0.2) is 0 Å². The van der Waals surface area contributed by atoms with Gasteiger partial charge in [-0.2, -0.15) is 0 Å². The van der Waals surface area contributed by atoms with Gasteiger partial charge in [-0.3, -0.25) is 4.79 Å². The first-order valence-corrected chi connectivity index (χ1v) is 7.21. The summed E-state index contributed by atoms with van der Waals surface area (Å²) in [5.41, 5.74) is 0.361. The highest BCUT2D eigenvalue weighted by Crippen LogP contribution is 2.20. The second kappa shape index (κ2) is 7.67. The standard InChI is InChI=1S/C15H19Cl2NO2/c1-3-15(2,6-7-19)18-14(20)5-4-11-8-12(16)10-13(17)9-11/h4-5,8-10,19H,3,6-7H2,1-2H3,(H,18,20)/b5-4+. The van der Waals surface area contributed by atoms with Crippen LogP contribution < -0.4 is 5.32 Å². The molecule has 0 aliphatic carbocycles. The highest BCUT2D eigenvalue weighted by atomic mass is 35.5. The summed E-state index contributed by atoms with van der Waals surface area (Å²) in [4.78, 5) is 11.9. The van der Waals surface area contributed by atoms with Crippen LogP contribution in [0.1, 0.15) is 32.3 Å². The van der Waals surface area contributed by atoms with Gasteiger partial charge in [0.15, 0.2) is 0 Å². The second-order valence-corrected chi connectivity index (χ2v) is 5.79. The van der Waals surface area contributed by atoms with Crippen molar-refractivity contribution in [3.8, 4) is 0 Å². The first-order chi connectivity index (χ1) is 9.38. The summed E-state index contributed by atoms with van der Waals surface area (Å²) in [6, 6.07) is 5.09. The first-order valence-electron chi connectivity index (χ1n) is 6.46. The van der Waals surface area contributed by atoms with Crippen molar-refractivity contribution in [1.82, 2.24) is 5.32 Å². The Bertz CT molecular complexity index is 482. The Morgan fingerprint density at radius 1 is 1.35 bits per heavy atom. The monoisotopic (exact) mass is 315 g/mol. The summed E-state index contributed by atoms with van der Waals surface area (Å²) < 4.78 is 0. The molecule has 0 saturated carbocycles. The second-order valence-electron chi connectivity index (χ2n) is 4.91. The highest BCUT2D eigenvalue weighted by molar-refractivity contribution is 6.34. The molecule has 2 N–H and O–H groups in total. The molecule has 3 nitrogen and oxygen atoms in total. The molecule has 1 aromatic carbocycles. The van der Waals surface area contributed by atoms with E-state index >= 15 is 0 Å². The van der Waals surface area contributed by atoms with Crippen LogP contribution in [0, 0.1) is 0 Å². The molecule has 0 aromatic heterocycles. The van der Waals surface area contributed by atoms with Crippen molar-refractivity contribution >= 4 is 35.2 Å².